The number of unbranched alkanes of at least 4 members (excludes halogenated alkanes) is 1. The molecule has 1 aromatic heterocycles. The fraction of sp³-hybridized carbons (Fsp3) is 0.160. The fourth-order valence-corrected chi connectivity index (χ4v) is 3.80. The Balaban J connectivity index is 1.58. The lowest BCUT2D eigenvalue weighted by atomic mass is 10.1. The number of fused-ring (bicyclic) bond motifs is 1. The molecule has 0 aliphatic carbocycles. The third-order valence-corrected chi connectivity index (χ3v) is 5.60. The second-order valence-corrected chi connectivity index (χ2v) is 7.87. The second kappa shape index (κ2) is 10.3. The van der Waals surface area contributed by atoms with E-state index in [1.165, 1.54) is 0 Å². The average molecular weight is 445 g/mol. The van der Waals surface area contributed by atoms with Gasteiger partial charge in [-0.2, -0.15) is 0 Å². The molecule has 0 amide bonds. The van der Waals surface area contributed by atoms with Crippen molar-refractivity contribution < 1.29 is 9.29 Å². The van der Waals surface area contributed by atoms with Gasteiger partial charge in [0.25, 0.3) is 0 Å². The summed E-state index contributed by atoms with van der Waals surface area (Å²) < 4.78 is 15.6. The molecular weight excluding hydrogens is 420 g/mol. The van der Waals surface area contributed by atoms with Gasteiger partial charge in [0.05, 0.1) is 24.2 Å². The van der Waals surface area contributed by atoms with Crippen LogP contribution in [-0.2, 0) is 0 Å². The zero-order valence-corrected chi connectivity index (χ0v) is 18.5. The normalized spacial score (nSPS) is 11.3. The monoisotopic (exact) mass is 444 g/mol. The van der Waals surface area contributed by atoms with Crippen LogP contribution < -0.4 is 10.5 Å². The predicted octanol–water partition coefficient (Wildman–Crippen LogP) is 7.64. The van der Waals surface area contributed by atoms with E-state index in [0.717, 1.165) is 40.6 Å². The molecule has 4 rings (SSSR count). The Labute approximate surface area is 191 Å². The van der Waals surface area contributed by atoms with Gasteiger partial charge in [-0.15, -0.1) is 10.2 Å². The van der Waals surface area contributed by atoms with Gasteiger partial charge < -0.3 is 15.0 Å². The number of nitrogens with zero attached hydrogens (tertiary/aromatic N) is 3. The van der Waals surface area contributed by atoms with Crippen molar-refractivity contribution in [3.8, 4) is 17.0 Å². The molecule has 0 unspecified atom stereocenters. The number of pyridine rings is 1. The smallest absolute Gasteiger partial charge is 0.128 e. The zero-order valence-electron chi connectivity index (χ0n) is 17.7. The van der Waals surface area contributed by atoms with Gasteiger partial charge in [-0.25, -0.2) is 0 Å². The molecule has 6 nitrogen and oxygen atoms in total. The number of benzene rings is 3. The highest BCUT2D eigenvalue weighted by Gasteiger charge is 2.10. The number of para-hydroxylation sites is 1. The minimum atomic E-state index is 0.499. The first-order valence-corrected chi connectivity index (χ1v) is 11.2. The molecule has 4 aromatic rings. The molecule has 3 aromatic carbocycles. The van der Waals surface area contributed by atoms with Crippen molar-refractivity contribution >= 4 is 39.9 Å². The van der Waals surface area contributed by atoms with Crippen LogP contribution in [0.5, 0.6) is 5.75 Å². The van der Waals surface area contributed by atoms with Crippen molar-refractivity contribution in [1.29, 1.82) is 0 Å². The summed E-state index contributed by atoms with van der Waals surface area (Å²) in [6.45, 7) is 2.82. The Hall–Kier alpha value is -3.42. The molecule has 0 radical (unpaired) electrons. The van der Waals surface area contributed by atoms with Crippen LogP contribution in [0.1, 0.15) is 19.8 Å². The summed E-state index contributed by atoms with van der Waals surface area (Å²) in [4.78, 5) is 5.22. The number of anilines is 1. The van der Waals surface area contributed by atoms with Gasteiger partial charge in [0.1, 0.15) is 17.1 Å². The lowest BCUT2D eigenvalue weighted by Crippen LogP contribution is -1.98. The van der Waals surface area contributed by atoms with Crippen molar-refractivity contribution in [2.75, 3.05) is 12.3 Å². The molecule has 0 spiro atoms. The van der Waals surface area contributed by atoms with E-state index in [4.69, 9.17) is 10.5 Å². The first-order valence-electron chi connectivity index (χ1n) is 10.4. The van der Waals surface area contributed by atoms with E-state index in [9.17, 15) is 4.55 Å². The summed E-state index contributed by atoms with van der Waals surface area (Å²) in [6.07, 6.45) is 3.76. The van der Waals surface area contributed by atoms with Gasteiger partial charge in [0, 0.05) is 27.9 Å². The van der Waals surface area contributed by atoms with E-state index >= 15 is 0 Å². The van der Waals surface area contributed by atoms with Crippen LogP contribution in [0.25, 0.3) is 22.0 Å². The van der Waals surface area contributed by atoms with Crippen LogP contribution in [0.15, 0.2) is 88.1 Å². The van der Waals surface area contributed by atoms with Crippen molar-refractivity contribution in [1.82, 2.24) is 4.98 Å². The number of hydrogen-bond donors (Lipinski definition) is 2. The largest absolute Gasteiger partial charge is 0.493 e. The Morgan fingerprint density at radius 3 is 2.53 bits per heavy atom. The van der Waals surface area contributed by atoms with Crippen LogP contribution in [0.2, 0.25) is 0 Å². The number of rotatable bonds is 8. The molecule has 0 atom stereocenters. The lowest BCUT2D eigenvalue weighted by molar-refractivity contribution is 0.310. The Bertz CT molecular complexity index is 1240. The Kier molecular flexibility index (Phi) is 6.99. The number of aromatic nitrogens is 1. The van der Waals surface area contributed by atoms with Gasteiger partial charge in [-0.3, -0.25) is 4.98 Å². The molecule has 0 saturated heterocycles. The van der Waals surface area contributed by atoms with E-state index in [-0.39, 0.29) is 0 Å². The minimum Gasteiger partial charge on any atom is -0.493 e. The molecule has 0 aliphatic heterocycles. The molecular formula is C25H24N4O2S. The van der Waals surface area contributed by atoms with Gasteiger partial charge in [0.15, 0.2) is 0 Å². The lowest BCUT2D eigenvalue weighted by Gasteiger charge is -2.10. The minimum absolute atomic E-state index is 0.499. The molecule has 7 heteroatoms. The highest BCUT2D eigenvalue weighted by molar-refractivity contribution is 7.94. The van der Waals surface area contributed by atoms with E-state index < -0.39 is 0 Å². The molecule has 0 saturated carbocycles. The van der Waals surface area contributed by atoms with Crippen LogP contribution in [0, 0.1) is 0 Å². The number of hydrogen-bond acceptors (Lipinski definition) is 7. The van der Waals surface area contributed by atoms with Crippen LogP contribution in [0.4, 0.5) is 17.1 Å². The van der Waals surface area contributed by atoms with Crippen LogP contribution in [0.3, 0.4) is 0 Å². The first kappa shape index (κ1) is 21.8. The molecule has 0 bridgehead atoms. The van der Waals surface area contributed by atoms with Gasteiger partial charge in [-0.1, -0.05) is 49.7 Å². The topological polar surface area (TPSA) is 93.1 Å². The molecule has 0 fully saturated rings. The number of ether oxygens (including phenoxy) is 1. The van der Waals surface area contributed by atoms with Gasteiger partial charge in [-0.05, 0) is 42.1 Å². The zero-order chi connectivity index (χ0) is 22.3. The standard InChI is InChI=1S/C25H24N4O2S/c1-2-3-14-31-23-11-7-6-10-20(23)21-13-12-17(16-27-21)28-29-22-15-24(32-30)18-8-4-5-9-19(18)25(22)26/h4-13,15-16,30H,2-3,14,26H2,1H3. The summed E-state index contributed by atoms with van der Waals surface area (Å²) >= 11 is 0.669. The summed E-state index contributed by atoms with van der Waals surface area (Å²) in [5.41, 5.74) is 9.66. The average Bonchev–Trinajstić information content (AvgIpc) is 2.85. The molecule has 0 aliphatic rings. The van der Waals surface area contributed by atoms with Crippen molar-refractivity contribution in [3.05, 3.63) is 72.9 Å². The third kappa shape index (κ3) is 4.74. The molecule has 162 valence electrons. The molecule has 1 heterocycles. The quantitative estimate of drug-likeness (QED) is 0.126. The second-order valence-electron chi connectivity index (χ2n) is 7.24. The van der Waals surface area contributed by atoms with E-state index in [0.29, 0.717) is 40.6 Å². The summed E-state index contributed by atoms with van der Waals surface area (Å²) in [7, 11) is 0. The maximum absolute atomic E-state index is 9.65. The maximum Gasteiger partial charge on any atom is 0.128 e. The molecule has 32 heavy (non-hydrogen) atoms. The summed E-state index contributed by atoms with van der Waals surface area (Å²) in [6, 6.07) is 21.0. The number of azo groups is 1. The van der Waals surface area contributed by atoms with Crippen LogP contribution in [-0.4, -0.2) is 16.1 Å². The van der Waals surface area contributed by atoms with E-state index in [1.807, 2.05) is 60.7 Å². The number of nitrogens with two attached hydrogens (primary N) is 1. The highest BCUT2D eigenvalue weighted by Crippen LogP contribution is 2.38. The predicted molar refractivity (Wildman–Crippen MR) is 131 cm³/mol. The van der Waals surface area contributed by atoms with Gasteiger partial charge >= 0.3 is 0 Å². The summed E-state index contributed by atoms with van der Waals surface area (Å²) in [5.74, 6) is 0.820. The van der Waals surface area contributed by atoms with Crippen molar-refractivity contribution in [2.45, 2.75) is 24.7 Å². The maximum atomic E-state index is 9.65. The fourth-order valence-electron chi connectivity index (χ4n) is 3.36. The Morgan fingerprint density at radius 1 is 1.00 bits per heavy atom. The SMILES string of the molecule is CCCCOc1ccccc1-c1ccc(N=Nc2cc(SO)c3ccccc3c2N)cn1. The van der Waals surface area contributed by atoms with Crippen molar-refractivity contribution in [3.63, 3.8) is 0 Å². The highest BCUT2D eigenvalue weighted by atomic mass is 32.2. The van der Waals surface area contributed by atoms with E-state index in [2.05, 4.69) is 22.1 Å². The van der Waals surface area contributed by atoms with Gasteiger partial charge in [0.2, 0.25) is 0 Å². The third-order valence-electron chi connectivity index (χ3n) is 5.06. The molecule has 3 N–H and O–H groups in total. The van der Waals surface area contributed by atoms with Crippen LogP contribution >= 0.6 is 12.0 Å². The first-order chi connectivity index (χ1) is 15.7. The van der Waals surface area contributed by atoms with Crippen molar-refractivity contribution in [2.24, 2.45) is 10.2 Å². The number of nitrogen functional groups attached to an aromatic ring is 1. The Morgan fingerprint density at radius 2 is 1.78 bits per heavy atom. The van der Waals surface area contributed by atoms with E-state index in [1.54, 1.807) is 12.3 Å². The summed E-state index contributed by atoms with van der Waals surface area (Å²) in [5, 5.41) is 10.3.